The van der Waals surface area contributed by atoms with Crippen molar-refractivity contribution in [1.29, 1.82) is 0 Å². The third-order valence-corrected chi connectivity index (χ3v) is 5.23. The minimum absolute atomic E-state index is 0.206. The molecule has 0 aliphatic heterocycles. The van der Waals surface area contributed by atoms with Crippen molar-refractivity contribution in [2.45, 2.75) is 13.8 Å². The van der Waals surface area contributed by atoms with Gasteiger partial charge in [0.2, 0.25) is 0 Å². The SMILES string of the molecule is Cc1ccc(NC(=O)c2cccnc2Cl)cc1.Cc1ccc(NC(=O)c2cccnc2Cl)cc1. The van der Waals surface area contributed by atoms with E-state index in [2.05, 4.69) is 20.6 Å². The maximum absolute atomic E-state index is 11.9. The molecule has 2 N–H and O–H groups in total. The molecule has 4 aromatic rings. The van der Waals surface area contributed by atoms with Crippen LogP contribution >= 0.6 is 23.2 Å². The van der Waals surface area contributed by atoms with Crippen molar-refractivity contribution >= 4 is 46.4 Å². The Morgan fingerprint density at radius 2 is 0.971 bits per heavy atom. The van der Waals surface area contributed by atoms with Gasteiger partial charge in [0, 0.05) is 23.8 Å². The van der Waals surface area contributed by atoms with Gasteiger partial charge in [-0.15, -0.1) is 0 Å². The summed E-state index contributed by atoms with van der Waals surface area (Å²) in [5.41, 5.74) is 4.50. The zero-order valence-corrected chi connectivity index (χ0v) is 20.1. The molecule has 8 heteroatoms. The molecule has 0 fully saturated rings. The molecular weight excluding hydrogens is 471 g/mol. The molecular formula is C26H22Cl2N4O2. The maximum atomic E-state index is 11.9. The number of amides is 2. The fraction of sp³-hybridized carbons (Fsp3) is 0.0769. The topological polar surface area (TPSA) is 84.0 Å². The van der Waals surface area contributed by atoms with E-state index in [-0.39, 0.29) is 22.1 Å². The molecule has 2 amide bonds. The number of nitrogens with one attached hydrogen (secondary N) is 2. The van der Waals surface area contributed by atoms with E-state index in [0.29, 0.717) is 11.1 Å². The van der Waals surface area contributed by atoms with Gasteiger partial charge >= 0.3 is 0 Å². The highest BCUT2D eigenvalue weighted by molar-refractivity contribution is 6.33. The Bertz CT molecular complexity index is 1180. The third kappa shape index (κ3) is 7.13. The van der Waals surface area contributed by atoms with Crippen LogP contribution in [0.3, 0.4) is 0 Å². The minimum atomic E-state index is -0.257. The van der Waals surface area contributed by atoms with E-state index < -0.39 is 0 Å². The van der Waals surface area contributed by atoms with Crippen molar-refractivity contribution in [3.63, 3.8) is 0 Å². The van der Waals surface area contributed by atoms with Crippen molar-refractivity contribution in [2.75, 3.05) is 10.6 Å². The highest BCUT2D eigenvalue weighted by Crippen LogP contribution is 2.16. The Morgan fingerprint density at radius 3 is 1.29 bits per heavy atom. The van der Waals surface area contributed by atoms with Crippen molar-refractivity contribution in [3.8, 4) is 0 Å². The van der Waals surface area contributed by atoms with Gasteiger partial charge < -0.3 is 10.6 Å². The monoisotopic (exact) mass is 492 g/mol. The number of carbonyl (C=O) groups excluding carboxylic acids is 2. The normalized spacial score (nSPS) is 10.0. The lowest BCUT2D eigenvalue weighted by Crippen LogP contribution is -2.12. The quantitative estimate of drug-likeness (QED) is 0.314. The number of hydrogen-bond donors (Lipinski definition) is 2. The lowest BCUT2D eigenvalue weighted by molar-refractivity contribution is 0.101. The molecule has 0 bridgehead atoms. The summed E-state index contributed by atoms with van der Waals surface area (Å²) in [7, 11) is 0. The summed E-state index contributed by atoms with van der Waals surface area (Å²) < 4.78 is 0. The van der Waals surface area contributed by atoms with Gasteiger partial charge in [-0.2, -0.15) is 0 Å². The number of carbonyl (C=O) groups is 2. The van der Waals surface area contributed by atoms with Gasteiger partial charge in [-0.25, -0.2) is 9.97 Å². The summed E-state index contributed by atoms with van der Waals surface area (Å²) in [6.07, 6.45) is 3.09. The molecule has 6 nitrogen and oxygen atoms in total. The molecule has 0 aliphatic carbocycles. The maximum Gasteiger partial charge on any atom is 0.258 e. The number of nitrogens with zero attached hydrogens (tertiary/aromatic N) is 2. The molecule has 0 spiro atoms. The van der Waals surface area contributed by atoms with E-state index in [1.165, 1.54) is 0 Å². The van der Waals surface area contributed by atoms with Crippen molar-refractivity contribution in [1.82, 2.24) is 9.97 Å². The molecule has 34 heavy (non-hydrogen) atoms. The molecule has 172 valence electrons. The van der Waals surface area contributed by atoms with Gasteiger partial charge in [0.05, 0.1) is 11.1 Å². The Kier molecular flexibility index (Phi) is 8.73. The first-order valence-electron chi connectivity index (χ1n) is 10.3. The summed E-state index contributed by atoms with van der Waals surface area (Å²) in [5, 5.41) is 5.94. The van der Waals surface area contributed by atoms with Gasteiger partial charge in [0.15, 0.2) is 0 Å². The first kappa shape index (κ1) is 24.9. The smallest absolute Gasteiger partial charge is 0.258 e. The second kappa shape index (κ2) is 11.9. The highest BCUT2D eigenvalue weighted by atomic mass is 35.5. The summed E-state index contributed by atoms with van der Waals surface area (Å²) in [4.78, 5) is 31.5. The van der Waals surface area contributed by atoms with Crippen LogP contribution in [0, 0.1) is 13.8 Å². The molecule has 2 heterocycles. The van der Waals surface area contributed by atoms with Gasteiger partial charge in [-0.3, -0.25) is 9.59 Å². The van der Waals surface area contributed by atoms with Crippen LogP contribution in [0.5, 0.6) is 0 Å². The number of benzene rings is 2. The average molecular weight is 493 g/mol. The molecule has 0 aliphatic rings. The average Bonchev–Trinajstić information content (AvgIpc) is 2.83. The largest absolute Gasteiger partial charge is 0.322 e. The number of rotatable bonds is 4. The van der Waals surface area contributed by atoms with Crippen LogP contribution in [0.4, 0.5) is 11.4 Å². The molecule has 0 unspecified atom stereocenters. The number of halogens is 2. The third-order valence-electron chi connectivity index (χ3n) is 4.63. The van der Waals surface area contributed by atoms with Crippen LogP contribution in [0.2, 0.25) is 10.3 Å². The van der Waals surface area contributed by atoms with Crippen LogP contribution in [0.1, 0.15) is 31.8 Å². The van der Waals surface area contributed by atoms with Gasteiger partial charge in [-0.05, 0) is 62.4 Å². The van der Waals surface area contributed by atoms with E-state index >= 15 is 0 Å². The number of pyridine rings is 2. The van der Waals surface area contributed by atoms with E-state index in [9.17, 15) is 9.59 Å². The van der Waals surface area contributed by atoms with Crippen molar-refractivity contribution in [2.24, 2.45) is 0 Å². The fourth-order valence-corrected chi connectivity index (χ4v) is 3.19. The zero-order chi connectivity index (χ0) is 24.5. The van der Waals surface area contributed by atoms with Crippen molar-refractivity contribution < 1.29 is 9.59 Å². The fourth-order valence-electron chi connectivity index (χ4n) is 2.78. The molecule has 4 rings (SSSR count). The molecule has 0 atom stereocenters. The summed E-state index contributed by atoms with van der Waals surface area (Å²) in [5.74, 6) is -0.515. The first-order chi connectivity index (χ1) is 16.3. The summed E-state index contributed by atoms with van der Waals surface area (Å²) in [6.45, 7) is 3.98. The van der Waals surface area contributed by atoms with E-state index in [1.807, 2.05) is 62.4 Å². The van der Waals surface area contributed by atoms with Crippen LogP contribution in [-0.2, 0) is 0 Å². The second-order valence-electron chi connectivity index (χ2n) is 7.32. The lowest BCUT2D eigenvalue weighted by Gasteiger charge is -2.06. The lowest BCUT2D eigenvalue weighted by atomic mass is 10.2. The Balaban J connectivity index is 0.000000191. The predicted octanol–water partition coefficient (Wildman–Crippen LogP) is 6.59. The molecule has 2 aromatic carbocycles. The zero-order valence-electron chi connectivity index (χ0n) is 18.5. The van der Waals surface area contributed by atoms with E-state index in [1.54, 1.807) is 36.7 Å². The Labute approximate surface area is 208 Å². The number of anilines is 2. The van der Waals surface area contributed by atoms with E-state index in [4.69, 9.17) is 23.2 Å². The number of hydrogen-bond acceptors (Lipinski definition) is 4. The predicted molar refractivity (Wildman–Crippen MR) is 137 cm³/mol. The van der Waals surface area contributed by atoms with Gasteiger partial charge in [-0.1, -0.05) is 58.6 Å². The summed E-state index contributed by atoms with van der Waals surface area (Å²) >= 11 is 11.7. The number of aryl methyl sites for hydroxylation is 2. The molecule has 0 saturated carbocycles. The minimum Gasteiger partial charge on any atom is -0.322 e. The van der Waals surface area contributed by atoms with Crippen LogP contribution in [0.15, 0.2) is 85.2 Å². The van der Waals surface area contributed by atoms with Gasteiger partial charge in [0.1, 0.15) is 10.3 Å². The molecule has 0 saturated heterocycles. The Hall–Kier alpha value is -3.74. The Morgan fingerprint density at radius 1 is 0.618 bits per heavy atom. The van der Waals surface area contributed by atoms with Crippen LogP contribution < -0.4 is 10.6 Å². The van der Waals surface area contributed by atoms with Crippen LogP contribution in [0.25, 0.3) is 0 Å². The van der Waals surface area contributed by atoms with E-state index in [0.717, 1.165) is 22.5 Å². The second-order valence-corrected chi connectivity index (χ2v) is 8.04. The summed E-state index contributed by atoms with van der Waals surface area (Å²) in [6, 6.07) is 21.7. The standard InChI is InChI=1S/2C13H11ClN2O/c2*1-9-4-6-10(7-5-9)16-13(17)11-3-2-8-15-12(11)14/h2*2-8H,1H3,(H,16,17). The molecule has 2 aromatic heterocycles. The van der Waals surface area contributed by atoms with Gasteiger partial charge in [0.25, 0.3) is 11.8 Å². The number of aromatic nitrogens is 2. The van der Waals surface area contributed by atoms with Crippen LogP contribution in [-0.4, -0.2) is 21.8 Å². The molecule has 0 radical (unpaired) electrons. The highest BCUT2D eigenvalue weighted by Gasteiger charge is 2.11. The first-order valence-corrected chi connectivity index (χ1v) is 11.1. The van der Waals surface area contributed by atoms with Crippen molar-refractivity contribution in [3.05, 3.63) is 118 Å².